The van der Waals surface area contributed by atoms with E-state index in [0.717, 1.165) is 0 Å². The third-order valence-electron chi connectivity index (χ3n) is 3.72. The van der Waals surface area contributed by atoms with Gasteiger partial charge in [0.25, 0.3) is 0 Å². The van der Waals surface area contributed by atoms with E-state index in [2.05, 4.69) is 5.32 Å². The zero-order chi connectivity index (χ0) is 15.6. The molecule has 0 spiro atoms. The molecular formula is C14H25NO5. The number of hydrogen-bond acceptors (Lipinski definition) is 4. The molecule has 0 radical (unpaired) electrons. The average molecular weight is 287 g/mol. The van der Waals surface area contributed by atoms with Gasteiger partial charge in [-0.15, -0.1) is 0 Å². The van der Waals surface area contributed by atoms with Crippen molar-refractivity contribution in [2.75, 3.05) is 0 Å². The molecule has 1 amide bonds. The summed E-state index contributed by atoms with van der Waals surface area (Å²) in [5.41, 5.74) is -2.05. The van der Waals surface area contributed by atoms with E-state index in [1.807, 2.05) is 0 Å². The number of aliphatic hydroxyl groups excluding tert-OH is 1. The predicted octanol–water partition coefficient (Wildman–Crippen LogP) is 1.91. The summed E-state index contributed by atoms with van der Waals surface area (Å²) in [6.45, 7) is 6.67. The lowest BCUT2D eigenvalue weighted by Gasteiger charge is -2.38. The van der Waals surface area contributed by atoms with Crippen molar-refractivity contribution >= 4 is 12.1 Å². The van der Waals surface area contributed by atoms with Crippen LogP contribution in [0.5, 0.6) is 0 Å². The number of carboxylic acids is 1. The Morgan fingerprint density at radius 2 is 1.60 bits per heavy atom. The molecule has 20 heavy (non-hydrogen) atoms. The molecule has 0 aromatic rings. The molecule has 6 nitrogen and oxygen atoms in total. The first-order valence-electron chi connectivity index (χ1n) is 6.97. The van der Waals surface area contributed by atoms with Crippen molar-refractivity contribution in [1.29, 1.82) is 0 Å². The number of alkyl carbamates (subject to hydrolysis) is 1. The molecule has 1 aliphatic rings. The number of rotatable bonds is 3. The molecule has 1 fully saturated rings. The number of aliphatic hydroxyl groups is 1. The van der Waals surface area contributed by atoms with E-state index in [-0.39, 0.29) is 12.0 Å². The number of hydrogen-bond donors (Lipinski definition) is 3. The summed E-state index contributed by atoms with van der Waals surface area (Å²) < 4.78 is 5.13. The molecule has 3 N–H and O–H groups in total. The molecule has 0 unspecified atom stereocenters. The lowest BCUT2D eigenvalue weighted by Crippen LogP contribution is -2.58. The van der Waals surface area contributed by atoms with Crippen LogP contribution in [0.3, 0.4) is 0 Å². The third kappa shape index (κ3) is 4.37. The van der Waals surface area contributed by atoms with Gasteiger partial charge in [-0.25, -0.2) is 9.59 Å². The van der Waals surface area contributed by atoms with Crippen LogP contribution in [0.4, 0.5) is 4.79 Å². The van der Waals surface area contributed by atoms with E-state index in [1.165, 1.54) is 6.92 Å². The van der Waals surface area contributed by atoms with Crippen molar-refractivity contribution in [1.82, 2.24) is 5.32 Å². The van der Waals surface area contributed by atoms with Gasteiger partial charge < -0.3 is 20.3 Å². The van der Waals surface area contributed by atoms with Crippen LogP contribution < -0.4 is 5.32 Å². The monoisotopic (exact) mass is 287 g/mol. The van der Waals surface area contributed by atoms with Crippen LogP contribution in [-0.4, -0.2) is 39.5 Å². The van der Waals surface area contributed by atoms with Gasteiger partial charge in [0.15, 0.2) is 0 Å². The second kappa shape index (κ2) is 5.99. The van der Waals surface area contributed by atoms with E-state index in [0.29, 0.717) is 25.7 Å². The number of carbonyl (C=O) groups excluding carboxylic acids is 1. The van der Waals surface area contributed by atoms with Gasteiger partial charge in [-0.2, -0.15) is 0 Å². The standard InChI is InChI=1S/C14H25NO5/c1-13(2,3)20-12(19)15-14(4,11(17)18)9-5-7-10(16)8-6-9/h9-10,16H,5-8H2,1-4H3,(H,15,19)(H,17,18)/t9?,10?,14-/m1/s1. The third-order valence-corrected chi connectivity index (χ3v) is 3.72. The first kappa shape index (κ1) is 16.8. The highest BCUT2D eigenvalue weighted by atomic mass is 16.6. The van der Waals surface area contributed by atoms with Crippen LogP contribution in [0.25, 0.3) is 0 Å². The minimum atomic E-state index is -1.37. The molecule has 1 saturated carbocycles. The fourth-order valence-electron chi connectivity index (χ4n) is 2.50. The Morgan fingerprint density at radius 1 is 1.10 bits per heavy atom. The highest BCUT2D eigenvalue weighted by Gasteiger charge is 2.44. The Hall–Kier alpha value is -1.30. The normalized spacial score (nSPS) is 26.4. The second-order valence-corrected chi connectivity index (χ2v) is 6.64. The maximum Gasteiger partial charge on any atom is 0.408 e. The van der Waals surface area contributed by atoms with Crippen molar-refractivity contribution in [3.05, 3.63) is 0 Å². The van der Waals surface area contributed by atoms with Gasteiger partial charge in [-0.05, 0) is 59.3 Å². The Labute approximate surface area is 119 Å². The van der Waals surface area contributed by atoms with Crippen molar-refractivity contribution in [2.45, 2.75) is 70.6 Å². The summed E-state index contributed by atoms with van der Waals surface area (Å²) in [6, 6.07) is 0. The van der Waals surface area contributed by atoms with Gasteiger partial charge in [0, 0.05) is 0 Å². The predicted molar refractivity (Wildman–Crippen MR) is 73.4 cm³/mol. The van der Waals surface area contributed by atoms with Crippen LogP contribution in [0.2, 0.25) is 0 Å². The lowest BCUT2D eigenvalue weighted by atomic mass is 9.75. The van der Waals surface area contributed by atoms with E-state index < -0.39 is 23.2 Å². The zero-order valence-corrected chi connectivity index (χ0v) is 12.6. The number of ether oxygens (including phenoxy) is 1. The summed E-state index contributed by atoms with van der Waals surface area (Å²) in [4.78, 5) is 23.4. The van der Waals surface area contributed by atoms with E-state index >= 15 is 0 Å². The fourth-order valence-corrected chi connectivity index (χ4v) is 2.50. The average Bonchev–Trinajstić information content (AvgIpc) is 2.26. The highest BCUT2D eigenvalue weighted by molar-refractivity contribution is 5.84. The Bertz CT molecular complexity index is 368. The van der Waals surface area contributed by atoms with Gasteiger partial charge in [0.2, 0.25) is 0 Å². The van der Waals surface area contributed by atoms with Crippen molar-refractivity contribution in [3.8, 4) is 0 Å². The molecular weight excluding hydrogens is 262 g/mol. The molecule has 1 aliphatic carbocycles. The van der Waals surface area contributed by atoms with Crippen LogP contribution >= 0.6 is 0 Å². The second-order valence-electron chi connectivity index (χ2n) is 6.64. The number of carbonyl (C=O) groups is 2. The molecule has 116 valence electrons. The minimum Gasteiger partial charge on any atom is -0.480 e. The van der Waals surface area contributed by atoms with Gasteiger partial charge in [0.05, 0.1) is 6.10 Å². The quantitative estimate of drug-likeness (QED) is 0.737. The summed E-state index contributed by atoms with van der Waals surface area (Å²) in [7, 11) is 0. The van der Waals surface area contributed by atoms with Gasteiger partial charge in [-0.3, -0.25) is 0 Å². The van der Waals surface area contributed by atoms with E-state index in [1.54, 1.807) is 20.8 Å². The van der Waals surface area contributed by atoms with Crippen LogP contribution in [0.1, 0.15) is 53.4 Å². The van der Waals surface area contributed by atoms with Crippen molar-refractivity contribution in [3.63, 3.8) is 0 Å². The van der Waals surface area contributed by atoms with Crippen LogP contribution in [0, 0.1) is 5.92 Å². The van der Waals surface area contributed by atoms with Crippen LogP contribution in [-0.2, 0) is 9.53 Å². The molecule has 0 aromatic carbocycles. The maximum absolute atomic E-state index is 11.8. The highest BCUT2D eigenvalue weighted by Crippen LogP contribution is 2.33. The number of aliphatic carboxylic acids is 1. The SMILES string of the molecule is CC(C)(C)OC(=O)N[C@@](C)(C(=O)O)C1CCC(O)CC1. The van der Waals surface area contributed by atoms with E-state index in [4.69, 9.17) is 4.74 Å². The summed E-state index contributed by atoms with van der Waals surface area (Å²) in [5, 5.41) is 21.5. The molecule has 0 aliphatic heterocycles. The van der Waals surface area contributed by atoms with Crippen molar-refractivity contribution < 1.29 is 24.5 Å². The molecule has 1 rings (SSSR count). The Morgan fingerprint density at radius 3 is 2.00 bits per heavy atom. The largest absolute Gasteiger partial charge is 0.480 e. The first-order valence-corrected chi connectivity index (χ1v) is 6.97. The Balaban J connectivity index is 2.77. The molecule has 6 heteroatoms. The summed E-state index contributed by atoms with van der Waals surface area (Å²) >= 11 is 0. The molecule has 0 heterocycles. The Kier molecular flexibility index (Phi) is 5.02. The summed E-state index contributed by atoms with van der Waals surface area (Å²) in [6.07, 6.45) is 1.16. The maximum atomic E-state index is 11.8. The number of carboxylic acid groups (broad SMARTS) is 1. The smallest absolute Gasteiger partial charge is 0.408 e. The molecule has 1 atom stereocenters. The lowest BCUT2D eigenvalue weighted by molar-refractivity contribution is -0.147. The van der Waals surface area contributed by atoms with Gasteiger partial charge in [-0.1, -0.05) is 0 Å². The first-order chi connectivity index (χ1) is 9.04. The van der Waals surface area contributed by atoms with E-state index in [9.17, 15) is 19.8 Å². The topological polar surface area (TPSA) is 95.9 Å². The molecule has 0 bridgehead atoms. The fraction of sp³-hybridized carbons (Fsp3) is 0.857. The molecule has 0 saturated heterocycles. The van der Waals surface area contributed by atoms with Crippen LogP contribution in [0.15, 0.2) is 0 Å². The van der Waals surface area contributed by atoms with Gasteiger partial charge >= 0.3 is 12.1 Å². The van der Waals surface area contributed by atoms with Crippen molar-refractivity contribution in [2.24, 2.45) is 5.92 Å². The number of nitrogens with one attached hydrogen (secondary N) is 1. The van der Waals surface area contributed by atoms with Gasteiger partial charge in [0.1, 0.15) is 11.1 Å². The zero-order valence-electron chi connectivity index (χ0n) is 12.6. The number of amides is 1. The molecule has 0 aromatic heterocycles. The minimum absolute atomic E-state index is 0.212. The summed E-state index contributed by atoms with van der Waals surface area (Å²) in [5.74, 6) is -1.29.